The van der Waals surface area contributed by atoms with Crippen molar-refractivity contribution in [1.29, 1.82) is 0 Å². The molecule has 0 spiro atoms. The Balaban J connectivity index is 2.74. The molecule has 0 amide bonds. The normalized spacial score (nSPS) is 23.2. The quantitative estimate of drug-likeness (QED) is 0.818. The highest BCUT2D eigenvalue weighted by Gasteiger charge is 2.42. The fourth-order valence-corrected chi connectivity index (χ4v) is 4.18. The first kappa shape index (κ1) is 14.9. The molecule has 1 aliphatic rings. The Morgan fingerprint density at radius 1 is 1.29 bits per heavy atom. The maximum atomic E-state index is 12.4. The molecule has 0 aliphatic carbocycles. The van der Waals surface area contributed by atoms with E-state index in [0.717, 1.165) is 12.8 Å². The largest absolute Gasteiger partial charge is 0.313 e. The first-order valence-electron chi connectivity index (χ1n) is 6.43. The van der Waals surface area contributed by atoms with E-state index in [1.807, 2.05) is 27.7 Å². The van der Waals surface area contributed by atoms with Crippen LogP contribution >= 0.6 is 0 Å². The van der Waals surface area contributed by atoms with Crippen LogP contribution in [-0.2, 0) is 10.0 Å². The van der Waals surface area contributed by atoms with Crippen LogP contribution in [0.2, 0.25) is 0 Å². The van der Waals surface area contributed by atoms with Gasteiger partial charge in [-0.15, -0.1) is 0 Å². The van der Waals surface area contributed by atoms with Crippen LogP contribution in [0.25, 0.3) is 0 Å². The van der Waals surface area contributed by atoms with Crippen molar-refractivity contribution in [3.63, 3.8) is 0 Å². The van der Waals surface area contributed by atoms with Gasteiger partial charge in [0.15, 0.2) is 0 Å². The van der Waals surface area contributed by atoms with E-state index in [0.29, 0.717) is 19.1 Å². The SMILES string of the molecule is CC(C)NCC(C)S(=O)(=O)N1CCCC1(C)C. The van der Waals surface area contributed by atoms with Gasteiger partial charge in [-0.1, -0.05) is 13.8 Å². The van der Waals surface area contributed by atoms with Gasteiger partial charge in [-0.05, 0) is 33.6 Å². The maximum Gasteiger partial charge on any atom is 0.218 e. The molecule has 0 aromatic rings. The number of sulfonamides is 1. The minimum absolute atomic E-state index is 0.217. The summed E-state index contributed by atoms with van der Waals surface area (Å²) >= 11 is 0. The van der Waals surface area contributed by atoms with Gasteiger partial charge in [-0.25, -0.2) is 8.42 Å². The second-order valence-corrected chi connectivity index (χ2v) is 8.18. The third-order valence-electron chi connectivity index (χ3n) is 3.45. The first-order chi connectivity index (χ1) is 7.68. The third kappa shape index (κ3) is 3.42. The predicted molar refractivity (Wildman–Crippen MR) is 71.5 cm³/mol. The fourth-order valence-electron chi connectivity index (χ4n) is 2.28. The fraction of sp³-hybridized carbons (Fsp3) is 1.00. The predicted octanol–water partition coefficient (Wildman–Crippen LogP) is 1.58. The van der Waals surface area contributed by atoms with Gasteiger partial charge in [0.25, 0.3) is 0 Å². The van der Waals surface area contributed by atoms with Crippen LogP contribution in [-0.4, -0.2) is 42.6 Å². The molecule has 17 heavy (non-hydrogen) atoms. The van der Waals surface area contributed by atoms with Crippen molar-refractivity contribution >= 4 is 10.0 Å². The molecular weight excluding hydrogens is 236 g/mol. The van der Waals surface area contributed by atoms with E-state index < -0.39 is 10.0 Å². The van der Waals surface area contributed by atoms with Crippen molar-refractivity contribution in [2.24, 2.45) is 0 Å². The second-order valence-electron chi connectivity index (χ2n) is 5.91. The number of hydrogen-bond donors (Lipinski definition) is 1. The van der Waals surface area contributed by atoms with Crippen LogP contribution in [0.1, 0.15) is 47.5 Å². The minimum atomic E-state index is -3.17. The summed E-state index contributed by atoms with van der Waals surface area (Å²) in [6.45, 7) is 11.1. The van der Waals surface area contributed by atoms with Crippen molar-refractivity contribution in [2.75, 3.05) is 13.1 Å². The molecule has 1 saturated heterocycles. The van der Waals surface area contributed by atoms with Crippen LogP contribution in [0.5, 0.6) is 0 Å². The zero-order valence-electron chi connectivity index (χ0n) is 11.7. The van der Waals surface area contributed by atoms with E-state index >= 15 is 0 Å². The zero-order chi connectivity index (χ0) is 13.3. The summed E-state index contributed by atoms with van der Waals surface area (Å²) in [7, 11) is -3.17. The van der Waals surface area contributed by atoms with Crippen LogP contribution in [0.4, 0.5) is 0 Å². The lowest BCUT2D eigenvalue weighted by molar-refractivity contribution is 0.288. The third-order valence-corrected chi connectivity index (χ3v) is 5.93. The van der Waals surface area contributed by atoms with E-state index in [1.54, 1.807) is 11.2 Å². The van der Waals surface area contributed by atoms with Crippen molar-refractivity contribution in [1.82, 2.24) is 9.62 Å². The number of hydrogen-bond acceptors (Lipinski definition) is 3. The molecule has 1 rings (SSSR count). The Morgan fingerprint density at radius 2 is 1.88 bits per heavy atom. The Hall–Kier alpha value is -0.130. The van der Waals surface area contributed by atoms with E-state index in [2.05, 4.69) is 5.32 Å². The highest BCUT2D eigenvalue weighted by atomic mass is 32.2. The standard InChI is InChI=1S/C12H26N2O2S/c1-10(2)13-9-11(3)17(15,16)14-8-6-7-12(14,4)5/h10-11,13H,6-9H2,1-5H3. The van der Waals surface area contributed by atoms with Crippen LogP contribution in [0.15, 0.2) is 0 Å². The molecule has 0 aromatic carbocycles. The molecule has 102 valence electrons. The highest BCUT2D eigenvalue weighted by molar-refractivity contribution is 7.89. The van der Waals surface area contributed by atoms with Gasteiger partial charge in [0.05, 0.1) is 5.25 Å². The van der Waals surface area contributed by atoms with E-state index in [4.69, 9.17) is 0 Å². The molecule has 4 nitrogen and oxygen atoms in total. The van der Waals surface area contributed by atoms with Gasteiger partial charge in [0, 0.05) is 24.7 Å². The van der Waals surface area contributed by atoms with Crippen molar-refractivity contribution in [3.05, 3.63) is 0 Å². The second kappa shape index (κ2) is 5.24. The van der Waals surface area contributed by atoms with Crippen molar-refractivity contribution in [2.45, 2.75) is 64.3 Å². The Morgan fingerprint density at radius 3 is 2.29 bits per heavy atom. The number of nitrogens with one attached hydrogen (secondary N) is 1. The van der Waals surface area contributed by atoms with Gasteiger partial charge >= 0.3 is 0 Å². The average molecular weight is 262 g/mol. The lowest BCUT2D eigenvalue weighted by Gasteiger charge is -2.33. The molecule has 1 unspecified atom stereocenters. The van der Waals surface area contributed by atoms with E-state index in [-0.39, 0.29) is 10.8 Å². The van der Waals surface area contributed by atoms with Crippen LogP contribution in [0, 0.1) is 0 Å². The number of rotatable bonds is 5. The molecule has 0 radical (unpaired) electrons. The molecule has 0 aromatic heterocycles. The zero-order valence-corrected chi connectivity index (χ0v) is 12.5. The van der Waals surface area contributed by atoms with Gasteiger partial charge in [-0.3, -0.25) is 0 Å². The molecule has 1 fully saturated rings. The Bertz CT molecular complexity index is 350. The van der Waals surface area contributed by atoms with Gasteiger partial charge in [0.2, 0.25) is 10.0 Å². The molecule has 5 heteroatoms. The molecule has 1 heterocycles. The summed E-state index contributed by atoms with van der Waals surface area (Å²) in [6.07, 6.45) is 1.92. The Labute approximate surface area is 106 Å². The molecule has 0 bridgehead atoms. The highest BCUT2D eigenvalue weighted by Crippen LogP contribution is 2.32. The molecule has 0 saturated carbocycles. The molecule has 1 N–H and O–H groups in total. The summed E-state index contributed by atoms with van der Waals surface area (Å²) in [5, 5.41) is 2.84. The minimum Gasteiger partial charge on any atom is -0.313 e. The van der Waals surface area contributed by atoms with E-state index in [9.17, 15) is 8.42 Å². The summed E-state index contributed by atoms with van der Waals surface area (Å²) < 4.78 is 26.6. The topological polar surface area (TPSA) is 49.4 Å². The van der Waals surface area contributed by atoms with Gasteiger partial charge in [0.1, 0.15) is 0 Å². The number of nitrogens with zero attached hydrogens (tertiary/aromatic N) is 1. The van der Waals surface area contributed by atoms with Crippen molar-refractivity contribution in [3.8, 4) is 0 Å². The summed E-state index contributed by atoms with van der Waals surface area (Å²) in [4.78, 5) is 0. The van der Waals surface area contributed by atoms with Gasteiger partial charge in [-0.2, -0.15) is 4.31 Å². The Kier molecular flexibility index (Phi) is 4.60. The van der Waals surface area contributed by atoms with Crippen LogP contribution < -0.4 is 5.32 Å². The first-order valence-corrected chi connectivity index (χ1v) is 7.93. The summed E-state index contributed by atoms with van der Waals surface area (Å²) in [5.74, 6) is 0. The van der Waals surface area contributed by atoms with E-state index in [1.165, 1.54) is 0 Å². The summed E-state index contributed by atoms with van der Waals surface area (Å²) in [6, 6.07) is 0.319. The monoisotopic (exact) mass is 262 g/mol. The summed E-state index contributed by atoms with van der Waals surface area (Å²) in [5.41, 5.74) is -0.217. The lowest BCUT2D eigenvalue weighted by Crippen LogP contribution is -2.49. The average Bonchev–Trinajstić information content (AvgIpc) is 2.54. The molecule has 1 aliphatic heterocycles. The molecular formula is C12H26N2O2S. The maximum absolute atomic E-state index is 12.4. The van der Waals surface area contributed by atoms with Gasteiger partial charge < -0.3 is 5.32 Å². The smallest absolute Gasteiger partial charge is 0.218 e. The lowest BCUT2D eigenvalue weighted by atomic mass is 10.0. The molecule has 1 atom stereocenters. The van der Waals surface area contributed by atoms with Crippen LogP contribution in [0.3, 0.4) is 0 Å². The van der Waals surface area contributed by atoms with Crippen molar-refractivity contribution < 1.29 is 8.42 Å².